The van der Waals surface area contributed by atoms with E-state index >= 15 is 0 Å². The topological polar surface area (TPSA) is 96.8 Å². The molecule has 0 saturated heterocycles. The van der Waals surface area contributed by atoms with Crippen molar-refractivity contribution in [2.45, 2.75) is 47.3 Å². The number of hydrogen-bond acceptors (Lipinski definition) is 6. The zero-order valence-electron chi connectivity index (χ0n) is 26.1. The van der Waals surface area contributed by atoms with E-state index in [0.717, 1.165) is 28.1 Å². The molecule has 0 fully saturated rings. The van der Waals surface area contributed by atoms with E-state index in [0.29, 0.717) is 55.1 Å². The standard InChI is InChI=1S/C34H38N6O4/c1-7-40-27-13-12-23(19-28(27)37(6)32(42)34(3,4)33(40)43)20-38(21-30-35-25-10-8-9-11-26(25)36(30)5)16-17-39-15-14-29-24(31(39)41)18-22(2)44-29/h8-15,18-19H,7,16-17,20-21H2,1-6H3. The Hall–Kier alpha value is -4.70. The number of imidazole rings is 1. The summed E-state index contributed by atoms with van der Waals surface area (Å²) in [6.07, 6.45) is 1.78. The highest BCUT2D eigenvalue weighted by Gasteiger charge is 2.45. The van der Waals surface area contributed by atoms with Gasteiger partial charge in [0.15, 0.2) is 0 Å². The number of hydrogen-bond donors (Lipinski definition) is 0. The number of pyridine rings is 1. The molecule has 10 nitrogen and oxygen atoms in total. The number of nitrogens with zero attached hydrogens (tertiary/aromatic N) is 6. The average Bonchev–Trinajstić information content (AvgIpc) is 3.54. The molecule has 6 rings (SSSR count). The Balaban J connectivity index is 1.34. The molecular weight excluding hydrogens is 556 g/mol. The first kappa shape index (κ1) is 29.4. The predicted octanol–water partition coefficient (Wildman–Crippen LogP) is 4.85. The van der Waals surface area contributed by atoms with Crippen molar-refractivity contribution in [1.82, 2.24) is 19.0 Å². The summed E-state index contributed by atoms with van der Waals surface area (Å²) in [4.78, 5) is 50.4. The van der Waals surface area contributed by atoms with E-state index in [2.05, 4.69) is 15.5 Å². The maximum atomic E-state index is 13.4. The van der Waals surface area contributed by atoms with Gasteiger partial charge in [-0.25, -0.2) is 4.98 Å². The number of carbonyl (C=O) groups is 2. The first-order chi connectivity index (χ1) is 21.0. The van der Waals surface area contributed by atoms with E-state index in [1.165, 1.54) is 0 Å². The van der Waals surface area contributed by atoms with Crippen LogP contribution in [-0.2, 0) is 36.3 Å². The smallest absolute Gasteiger partial charge is 0.261 e. The maximum Gasteiger partial charge on any atom is 0.261 e. The van der Waals surface area contributed by atoms with Gasteiger partial charge in [0.05, 0.1) is 34.3 Å². The molecule has 4 heterocycles. The van der Waals surface area contributed by atoms with E-state index in [1.807, 2.05) is 63.4 Å². The summed E-state index contributed by atoms with van der Waals surface area (Å²) in [5.41, 5.74) is 3.73. The molecule has 0 saturated carbocycles. The van der Waals surface area contributed by atoms with E-state index < -0.39 is 5.41 Å². The van der Waals surface area contributed by atoms with Crippen LogP contribution in [0.2, 0.25) is 0 Å². The zero-order valence-corrected chi connectivity index (χ0v) is 26.1. The number of fused-ring (bicyclic) bond motifs is 3. The number of aromatic nitrogens is 3. The van der Waals surface area contributed by atoms with E-state index in [-0.39, 0.29) is 17.4 Å². The van der Waals surface area contributed by atoms with Crippen molar-refractivity contribution in [2.75, 3.05) is 29.9 Å². The van der Waals surface area contributed by atoms with Crippen LogP contribution >= 0.6 is 0 Å². The zero-order chi connectivity index (χ0) is 31.3. The molecule has 3 aromatic heterocycles. The molecule has 0 aliphatic carbocycles. The molecule has 2 amide bonds. The minimum atomic E-state index is -1.17. The molecule has 0 atom stereocenters. The number of carbonyl (C=O) groups excluding carboxylic acids is 2. The second-order valence-corrected chi connectivity index (χ2v) is 12.1. The minimum absolute atomic E-state index is 0.0841. The van der Waals surface area contributed by atoms with Crippen molar-refractivity contribution < 1.29 is 14.0 Å². The van der Waals surface area contributed by atoms with E-state index in [9.17, 15) is 14.4 Å². The molecular formula is C34H38N6O4. The first-order valence-corrected chi connectivity index (χ1v) is 14.9. The molecule has 10 heteroatoms. The normalized spacial score (nSPS) is 15.1. The third-order valence-corrected chi connectivity index (χ3v) is 8.72. The van der Waals surface area contributed by atoms with Crippen LogP contribution in [0.25, 0.3) is 22.0 Å². The Morgan fingerprint density at radius 2 is 1.70 bits per heavy atom. The Labute approximate surface area is 256 Å². The summed E-state index contributed by atoms with van der Waals surface area (Å²) < 4.78 is 9.47. The van der Waals surface area contributed by atoms with Gasteiger partial charge in [-0.2, -0.15) is 0 Å². The molecule has 228 valence electrons. The van der Waals surface area contributed by atoms with Crippen LogP contribution in [0, 0.1) is 12.3 Å². The van der Waals surface area contributed by atoms with Crippen molar-refractivity contribution in [3.05, 3.63) is 88.3 Å². The second-order valence-electron chi connectivity index (χ2n) is 12.1. The van der Waals surface area contributed by atoms with Crippen LogP contribution in [0.15, 0.2) is 70.0 Å². The molecule has 1 aliphatic heterocycles. The Morgan fingerprint density at radius 3 is 2.45 bits per heavy atom. The molecule has 0 N–H and O–H groups in total. The van der Waals surface area contributed by atoms with Gasteiger partial charge in [0.2, 0.25) is 11.8 Å². The van der Waals surface area contributed by atoms with Crippen molar-refractivity contribution in [1.29, 1.82) is 0 Å². The minimum Gasteiger partial charge on any atom is -0.461 e. The summed E-state index contributed by atoms with van der Waals surface area (Å²) in [5, 5.41) is 0.573. The fourth-order valence-electron chi connectivity index (χ4n) is 6.18. The Kier molecular flexibility index (Phi) is 7.41. The molecule has 5 aromatic rings. The number of benzene rings is 2. The highest BCUT2D eigenvalue weighted by atomic mass is 16.3. The molecule has 44 heavy (non-hydrogen) atoms. The van der Waals surface area contributed by atoms with Gasteiger partial charge in [-0.15, -0.1) is 0 Å². The van der Waals surface area contributed by atoms with E-state index in [4.69, 9.17) is 9.40 Å². The van der Waals surface area contributed by atoms with Gasteiger partial charge in [-0.1, -0.05) is 18.2 Å². The van der Waals surface area contributed by atoms with Crippen LogP contribution in [0.3, 0.4) is 0 Å². The highest BCUT2D eigenvalue weighted by molar-refractivity contribution is 6.19. The summed E-state index contributed by atoms with van der Waals surface area (Å²) in [7, 11) is 3.75. The lowest BCUT2D eigenvalue weighted by Gasteiger charge is -2.27. The third-order valence-electron chi connectivity index (χ3n) is 8.72. The van der Waals surface area contributed by atoms with Crippen molar-refractivity contribution in [3.63, 3.8) is 0 Å². The fraction of sp³-hybridized carbons (Fsp3) is 0.353. The van der Waals surface area contributed by atoms with Gasteiger partial charge >= 0.3 is 0 Å². The number of aryl methyl sites for hydroxylation is 2. The van der Waals surface area contributed by atoms with E-state index in [1.54, 1.807) is 47.5 Å². The highest BCUT2D eigenvalue weighted by Crippen LogP contribution is 2.39. The number of amides is 2. The lowest BCUT2D eigenvalue weighted by atomic mass is 9.90. The third kappa shape index (κ3) is 4.98. The number of anilines is 2. The van der Waals surface area contributed by atoms with Gasteiger partial charge in [-0.3, -0.25) is 19.3 Å². The predicted molar refractivity (Wildman–Crippen MR) is 172 cm³/mol. The van der Waals surface area contributed by atoms with Crippen molar-refractivity contribution in [2.24, 2.45) is 12.5 Å². The first-order valence-electron chi connectivity index (χ1n) is 14.9. The Bertz CT molecular complexity index is 1970. The van der Waals surface area contributed by atoms with Gasteiger partial charge in [0, 0.05) is 46.5 Å². The van der Waals surface area contributed by atoms with Crippen LogP contribution in [0.4, 0.5) is 11.4 Å². The van der Waals surface area contributed by atoms with Crippen LogP contribution < -0.4 is 15.4 Å². The quantitative estimate of drug-likeness (QED) is 0.239. The molecule has 0 spiro atoms. The van der Waals surface area contributed by atoms with Crippen molar-refractivity contribution in [3.8, 4) is 0 Å². The van der Waals surface area contributed by atoms with Crippen molar-refractivity contribution >= 4 is 45.2 Å². The molecule has 0 radical (unpaired) electrons. The summed E-state index contributed by atoms with van der Waals surface area (Å²) in [6, 6.07) is 17.6. The number of furan rings is 1. The maximum absolute atomic E-state index is 13.4. The summed E-state index contributed by atoms with van der Waals surface area (Å²) in [6.45, 7) is 9.73. The van der Waals surface area contributed by atoms with Gasteiger partial charge in [-0.05, 0) is 69.7 Å². The summed E-state index contributed by atoms with van der Waals surface area (Å²) >= 11 is 0. The van der Waals surface area contributed by atoms with Crippen LogP contribution in [0.1, 0.15) is 37.9 Å². The van der Waals surface area contributed by atoms with Crippen LogP contribution in [0.5, 0.6) is 0 Å². The van der Waals surface area contributed by atoms with Gasteiger partial charge < -0.3 is 23.4 Å². The molecule has 0 bridgehead atoms. The average molecular weight is 595 g/mol. The largest absolute Gasteiger partial charge is 0.461 e. The monoisotopic (exact) mass is 594 g/mol. The number of rotatable bonds is 8. The molecule has 2 aromatic carbocycles. The molecule has 1 aliphatic rings. The summed E-state index contributed by atoms with van der Waals surface area (Å²) in [5.74, 6) is 1.17. The SMILES string of the molecule is CCN1C(=O)C(C)(C)C(=O)N(C)c2cc(CN(CCn3ccc4oc(C)cc4c3=O)Cc3nc4ccccc4n3C)ccc21. The number of para-hydroxylation sites is 2. The lowest BCUT2D eigenvalue weighted by molar-refractivity contribution is -0.137. The second kappa shape index (κ2) is 11.1. The Morgan fingerprint density at radius 1 is 0.932 bits per heavy atom. The van der Waals surface area contributed by atoms with Gasteiger partial charge in [0.25, 0.3) is 5.56 Å². The molecule has 0 unspecified atom stereocenters. The van der Waals surface area contributed by atoms with Crippen LogP contribution in [-0.4, -0.2) is 51.0 Å². The lowest BCUT2D eigenvalue weighted by Crippen LogP contribution is -2.47. The fourth-order valence-corrected chi connectivity index (χ4v) is 6.18. The van der Waals surface area contributed by atoms with Gasteiger partial charge in [0.1, 0.15) is 22.6 Å².